The summed E-state index contributed by atoms with van der Waals surface area (Å²) in [5.41, 5.74) is 8.17. The molecule has 208 valence electrons. The Morgan fingerprint density at radius 3 is 2.62 bits per heavy atom. The average molecular weight is 538 g/mol. The molecule has 0 saturated heterocycles. The molecule has 5 N–H and O–H groups in total. The predicted molar refractivity (Wildman–Crippen MR) is 148 cm³/mol. The lowest BCUT2D eigenvalue weighted by Gasteiger charge is -2.36. The summed E-state index contributed by atoms with van der Waals surface area (Å²) < 4.78 is 24.5. The number of benzene rings is 2. The minimum Gasteiger partial charge on any atom is -0.493 e. The topological polar surface area (TPSA) is 127 Å². The second-order valence-corrected chi connectivity index (χ2v) is 10.6. The Labute approximate surface area is 228 Å². The van der Waals surface area contributed by atoms with Crippen molar-refractivity contribution in [1.29, 1.82) is 0 Å². The SMILES string of the molecule is COc1cc(C(=O)CC[C@](C)(O)c2cc3c(c(-c4ccc(F)cc4)n2)NCC[C@]3(C)N)ccc1OC[C@@H](C)O. The zero-order chi connectivity index (χ0) is 28.4. The van der Waals surface area contributed by atoms with Gasteiger partial charge in [0.1, 0.15) is 18.0 Å². The number of fused-ring (bicyclic) bond motifs is 1. The van der Waals surface area contributed by atoms with Crippen molar-refractivity contribution in [2.45, 2.75) is 57.3 Å². The highest BCUT2D eigenvalue weighted by Gasteiger charge is 2.35. The second kappa shape index (κ2) is 11.3. The van der Waals surface area contributed by atoms with E-state index >= 15 is 0 Å². The lowest BCUT2D eigenvalue weighted by atomic mass is 9.82. The van der Waals surface area contributed by atoms with Crippen LogP contribution in [0.3, 0.4) is 0 Å². The zero-order valence-corrected chi connectivity index (χ0v) is 22.8. The molecule has 9 heteroatoms. The third-order valence-electron chi connectivity index (χ3n) is 7.05. The van der Waals surface area contributed by atoms with E-state index in [-0.39, 0.29) is 31.0 Å². The summed E-state index contributed by atoms with van der Waals surface area (Å²) >= 11 is 0. The van der Waals surface area contributed by atoms with Crippen molar-refractivity contribution in [1.82, 2.24) is 4.98 Å². The number of rotatable bonds is 10. The number of halogens is 1. The van der Waals surface area contributed by atoms with Crippen molar-refractivity contribution in [3.8, 4) is 22.8 Å². The molecule has 0 radical (unpaired) electrons. The van der Waals surface area contributed by atoms with Gasteiger partial charge < -0.3 is 30.7 Å². The Morgan fingerprint density at radius 2 is 1.95 bits per heavy atom. The molecule has 3 aromatic rings. The smallest absolute Gasteiger partial charge is 0.163 e. The van der Waals surface area contributed by atoms with Gasteiger partial charge >= 0.3 is 0 Å². The summed E-state index contributed by atoms with van der Waals surface area (Å²) in [6.45, 7) is 5.93. The number of nitrogens with one attached hydrogen (secondary N) is 1. The maximum absolute atomic E-state index is 13.6. The molecule has 1 aromatic heterocycles. The van der Waals surface area contributed by atoms with Crippen LogP contribution in [0.25, 0.3) is 11.3 Å². The molecular formula is C30H36FN3O5. The number of carbonyl (C=O) groups is 1. The third-order valence-corrected chi connectivity index (χ3v) is 7.05. The van der Waals surface area contributed by atoms with Crippen LogP contribution in [0.2, 0.25) is 0 Å². The molecule has 0 spiro atoms. The van der Waals surface area contributed by atoms with E-state index in [0.29, 0.717) is 47.0 Å². The monoisotopic (exact) mass is 537 g/mol. The lowest BCUT2D eigenvalue weighted by Crippen LogP contribution is -2.40. The van der Waals surface area contributed by atoms with Crippen LogP contribution in [-0.2, 0) is 11.1 Å². The number of carbonyl (C=O) groups excluding carboxylic acids is 1. The first-order valence-corrected chi connectivity index (χ1v) is 13.0. The van der Waals surface area contributed by atoms with E-state index in [9.17, 15) is 19.4 Å². The molecular weight excluding hydrogens is 501 g/mol. The van der Waals surface area contributed by atoms with Gasteiger partial charge in [-0.25, -0.2) is 9.37 Å². The van der Waals surface area contributed by atoms with Crippen molar-refractivity contribution in [3.63, 3.8) is 0 Å². The van der Waals surface area contributed by atoms with E-state index in [1.54, 1.807) is 50.2 Å². The normalized spacial score (nSPS) is 18.9. The number of methoxy groups -OCH3 is 1. The van der Waals surface area contributed by atoms with Crippen LogP contribution in [0.5, 0.6) is 11.5 Å². The molecule has 1 aliphatic heterocycles. The predicted octanol–water partition coefficient (Wildman–Crippen LogP) is 4.52. The number of anilines is 1. The number of nitrogens with two attached hydrogens (primary N) is 1. The van der Waals surface area contributed by atoms with Crippen LogP contribution in [0, 0.1) is 5.82 Å². The summed E-state index contributed by atoms with van der Waals surface area (Å²) in [6, 6.07) is 12.7. The van der Waals surface area contributed by atoms with Gasteiger partial charge in [0, 0.05) is 29.6 Å². The highest BCUT2D eigenvalue weighted by molar-refractivity contribution is 5.96. The molecule has 0 saturated carbocycles. The maximum Gasteiger partial charge on any atom is 0.163 e. The first-order chi connectivity index (χ1) is 18.4. The summed E-state index contributed by atoms with van der Waals surface area (Å²) in [7, 11) is 1.48. The van der Waals surface area contributed by atoms with Gasteiger partial charge in [-0.15, -0.1) is 0 Å². The molecule has 0 fully saturated rings. The Morgan fingerprint density at radius 1 is 1.23 bits per heavy atom. The van der Waals surface area contributed by atoms with E-state index in [0.717, 1.165) is 11.3 Å². The van der Waals surface area contributed by atoms with Gasteiger partial charge in [0.05, 0.1) is 30.3 Å². The molecule has 0 bridgehead atoms. The fraction of sp³-hybridized carbons (Fsp3) is 0.400. The van der Waals surface area contributed by atoms with Gasteiger partial charge in [-0.1, -0.05) is 0 Å². The van der Waals surface area contributed by atoms with Crippen molar-refractivity contribution >= 4 is 11.5 Å². The quantitative estimate of drug-likeness (QED) is 0.278. The molecule has 0 amide bonds. The molecule has 4 rings (SSSR count). The first kappa shape index (κ1) is 28.5. The molecule has 0 aliphatic carbocycles. The van der Waals surface area contributed by atoms with Crippen molar-refractivity contribution in [2.75, 3.05) is 25.6 Å². The van der Waals surface area contributed by atoms with Gasteiger partial charge in [0.2, 0.25) is 0 Å². The number of nitrogens with zero attached hydrogens (tertiary/aromatic N) is 1. The van der Waals surface area contributed by atoms with Crippen LogP contribution in [-0.4, -0.2) is 47.3 Å². The summed E-state index contributed by atoms with van der Waals surface area (Å²) in [5.74, 6) is 0.262. The zero-order valence-electron chi connectivity index (χ0n) is 22.8. The van der Waals surface area contributed by atoms with E-state index in [2.05, 4.69) is 5.32 Å². The average Bonchev–Trinajstić information content (AvgIpc) is 2.90. The van der Waals surface area contributed by atoms with E-state index in [4.69, 9.17) is 20.2 Å². The van der Waals surface area contributed by atoms with Crippen LogP contribution in [0.4, 0.5) is 10.1 Å². The second-order valence-electron chi connectivity index (χ2n) is 10.6. The fourth-order valence-electron chi connectivity index (χ4n) is 4.65. The van der Waals surface area contributed by atoms with Crippen molar-refractivity contribution in [3.05, 3.63) is 71.2 Å². The van der Waals surface area contributed by atoms with E-state index in [1.807, 2.05) is 6.92 Å². The van der Waals surface area contributed by atoms with Crippen LogP contribution < -0.4 is 20.5 Å². The highest BCUT2D eigenvalue weighted by Crippen LogP contribution is 2.41. The Kier molecular flexibility index (Phi) is 8.25. The molecule has 3 atom stereocenters. The van der Waals surface area contributed by atoms with Gasteiger partial charge in [-0.2, -0.15) is 0 Å². The first-order valence-electron chi connectivity index (χ1n) is 13.0. The number of aromatic nitrogens is 1. The molecule has 2 aromatic carbocycles. The molecule has 39 heavy (non-hydrogen) atoms. The highest BCUT2D eigenvalue weighted by atomic mass is 19.1. The minimum absolute atomic E-state index is 0.0484. The van der Waals surface area contributed by atoms with Gasteiger partial charge in [0.25, 0.3) is 0 Å². The maximum atomic E-state index is 13.6. The number of hydrogen-bond donors (Lipinski definition) is 4. The summed E-state index contributed by atoms with van der Waals surface area (Å²) in [5, 5.41) is 24.4. The number of hydrogen-bond acceptors (Lipinski definition) is 8. The largest absolute Gasteiger partial charge is 0.493 e. The lowest BCUT2D eigenvalue weighted by molar-refractivity contribution is 0.0396. The Bertz CT molecular complexity index is 1340. The third kappa shape index (κ3) is 6.38. The standard InChI is InChI=1S/C30H36FN3O5/c1-18(35)17-39-24-10-7-20(15-25(24)38-4)23(36)11-12-30(3,37)26-16-22-28(33-14-13-29(22,2)32)27(34-26)19-5-8-21(31)9-6-19/h5-10,15-16,18,33,35,37H,11-14,17,32H2,1-4H3/t18-,29+,30+/m1/s1. The number of ether oxygens (including phenoxy) is 2. The molecule has 2 heterocycles. The number of ketones is 1. The van der Waals surface area contributed by atoms with Crippen molar-refractivity contribution in [2.24, 2.45) is 5.73 Å². The fourth-order valence-corrected chi connectivity index (χ4v) is 4.65. The Balaban J connectivity index is 1.60. The molecule has 1 aliphatic rings. The summed E-state index contributed by atoms with van der Waals surface area (Å²) in [4.78, 5) is 17.9. The number of aliphatic hydroxyl groups excluding tert-OH is 1. The van der Waals surface area contributed by atoms with Crippen LogP contribution in [0.1, 0.15) is 61.6 Å². The van der Waals surface area contributed by atoms with E-state index in [1.165, 1.54) is 19.2 Å². The van der Waals surface area contributed by atoms with Gasteiger partial charge in [-0.05, 0) is 87.7 Å². The molecule has 8 nitrogen and oxygen atoms in total. The summed E-state index contributed by atoms with van der Waals surface area (Å²) in [6.07, 6.45) is 0.197. The van der Waals surface area contributed by atoms with Gasteiger partial charge in [-0.3, -0.25) is 4.79 Å². The number of aliphatic hydroxyl groups is 2. The van der Waals surface area contributed by atoms with Crippen molar-refractivity contribution < 1.29 is 28.9 Å². The van der Waals surface area contributed by atoms with Crippen LogP contribution >= 0.6 is 0 Å². The van der Waals surface area contributed by atoms with E-state index < -0.39 is 17.2 Å². The molecule has 0 unspecified atom stereocenters. The van der Waals surface area contributed by atoms with Crippen LogP contribution in [0.15, 0.2) is 48.5 Å². The Hall–Kier alpha value is -3.53. The number of pyridine rings is 1. The minimum atomic E-state index is -1.45. The number of Topliss-reactive ketones (excluding diaryl/α,β-unsaturated/α-hetero) is 1. The van der Waals surface area contributed by atoms with Gasteiger partial charge in [0.15, 0.2) is 17.3 Å².